The van der Waals surface area contributed by atoms with Crippen molar-refractivity contribution in [1.29, 1.82) is 0 Å². The van der Waals surface area contributed by atoms with E-state index in [1.54, 1.807) is 13.2 Å². The smallest absolute Gasteiger partial charge is 0.158 e. The third kappa shape index (κ3) is 3.56. The average Bonchev–Trinajstić information content (AvgIpc) is 2.30. The molecule has 5 heteroatoms. The number of nitrogens with two attached hydrogens (primary N) is 1. The molecule has 0 saturated heterocycles. The Morgan fingerprint density at radius 1 is 1.35 bits per heavy atom. The molecule has 0 aliphatic heterocycles. The summed E-state index contributed by atoms with van der Waals surface area (Å²) in [6, 6.07) is 2.31. The van der Waals surface area contributed by atoms with Crippen LogP contribution in [-0.2, 0) is 11.3 Å². The molecule has 1 aliphatic rings. The first kappa shape index (κ1) is 12.1. The minimum Gasteiger partial charge on any atom is -0.384 e. The molecule has 1 aromatic heterocycles. The molecule has 1 aliphatic carbocycles. The van der Waals surface area contributed by atoms with Crippen LogP contribution in [0.15, 0.2) is 6.07 Å². The van der Waals surface area contributed by atoms with E-state index in [0.29, 0.717) is 24.3 Å². The number of hydrogen-bond donors (Lipinski definition) is 2. The lowest BCUT2D eigenvalue weighted by molar-refractivity contribution is 0.178. The summed E-state index contributed by atoms with van der Waals surface area (Å²) in [6.07, 6.45) is 6.36. The topological polar surface area (TPSA) is 73.1 Å². The van der Waals surface area contributed by atoms with Gasteiger partial charge in [0.1, 0.15) is 18.2 Å². The third-order valence-corrected chi connectivity index (χ3v) is 3.02. The summed E-state index contributed by atoms with van der Waals surface area (Å²) in [5.41, 5.74) is 5.75. The zero-order valence-electron chi connectivity index (χ0n) is 10.3. The van der Waals surface area contributed by atoms with Crippen LogP contribution in [0.4, 0.5) is 11.6 Å². The molecular weight excluding hydrogens is 216 g/mol. The molecule has 17 heavy (non-hydrogen) atoms. The van der Waals surface area contributed by atoms with Crippen LogP contribution in [-0.4, -0.2) is 23.1 Å². The summed E-state index contributed by atoms with van der Waals surface area (Å²) < 4.78 is 5.02. The quantitative estimate of drug-likeness (QED) is 0.836. The highest BCUT2D eigenvalue weighted by molar-refractivity contribution is 5.45. The monoisotopic (exact) mass is 236 g/mol. The van der Waals surface area contributed by atoms with Crippen LogP contribution in [0, 0.1) is 0 Å². The van der Waals surface area contributed by atoms with E-state index in [2.05, 4.69) is 15.3 Å². The number of rotatable bonds is 4. The molecule has 0 bridgehead atoms. The van der Waals surface area contributed by atoms with E-state index in [1.165, 1.54) is 32.1 Å². The Bertz CT molecular complexity index is 364. The third-order valence-electron chi connectivity index (χ3n) is 3.02. The van der Waals surface area contributed by atoms with Gasteiger partial charge in [0.15, 0.2) is 5.82 Å². The van der Waals surface area contributed by atoms with Gasteiger partial charge >= 0.3 is 0 Å². The normalized spacial score (nSPS) is 17.0. The number of methoxy groups -OCH3 is 1. The van der Waals surface area contributed by atoms with Crippen LogP contribution < -0.4 is 11.1 Å². The van der Waals surface area contributed by atoms with Crippen molar-refractivity contribution >= 4 is 11.6 Å². The molecule has 1 fully saturated rings. The SMILES string of the molecule is COCc1nc(N)cc(NC2CCCCC2)n1. The first-order valence-corrected chi connectivity index (χ1v) is 6.17. The van der Waals surface area contributed by atoms with Gasteiger partial charge in [0.2, 0.25) is 0 Å². The van der Waals surface area contributed by atoms with Crippen LogP contribution in [0.1, 0.15) is 37.9 Å². The van der Waals surface area contributed by atoms with E-state index in [9.17, 15) is 0 Å². The van der Waals surface area contributed by atoms with E-state index in [-0.39, 0.29) is 0 Å². The van der Waals surface area contributed by atoms with Crippen molar-refractivity contribution in [3.63, 3.8) is 0 Å². The molecule has 0 amide bonds. The summed E-state index contributed by atoms with van der Waals surface area (Å²) in [5, 5.41) is 3.43. The van der Waals surface area contributed by atoms with Gasteiger partial charge in [-0.3, -0.25) is 0 Å². The predicted octanol–water partition coefficient (Wildman–Crippen LogP) is 1.95. The number of ether oxygens (including phenoxy) is 1. The molecular formula is C12H20N4O. The Balaban J connectivity index is 2.03. The predicted molar refractivity (Wildman–Crippen MR) is 67.7 cm³/mol. The number of anilines is 2. The second-order valence-corrected chi connectivity index (χ2v) is 4.51. The van der Waals surface area contributed by atoms with Crippen molar-refractivity contribution in [3.05, 3.63) is 11.9 Å². The second-order valence-electron chi connectivity index (χ2n) is 4.51. The van der Waals surface area contributed by atoms with E-state index in [0.717, 1.165) is 5.82 Å². The summed E-state index contributed by atoms with van der Waals surface area (Å²) in [6.45, 7) is 0.393. The minimum atomic E-state index is 0.393. The molecule has 0 radical (unpaired) electrons. The van der Waals surface area contributed by atoms with Gasteiger partial charge in [-0.2, -0.15) is 0 Å². The van der Waals surface area contributed by atoms with Gasteiger partial charge in [-0.25, -0.2) is 9.97 Å². The summed E-state index contributed by atoms with van der Waals surface area (Å²) >= 11 is 0. The summed E-state index contributed by atoms with van der Waals surface area (Å²) in [7, 11) is 1.63. The maximum atomic E-state index is 5.75. The molecule has 0 aromatic carbocycles. The van der Waals surface area contributed by atoms with Crippen molar-refractivity contribution in [3.8, 4) is 0 Å². The molecule has 5 nitrogen and oxygen atoms in total. The first-order valence-electron chi connectivity index (χ1n) is 6.17. The van der Waals surface area contributed by atoms with Crippen molar-refractivity contribution in [2.75, 3.05) is 18.2 Å². The molecule has 0 spiro atoms. The molecule has 3 N–H and O–H groups in total. The van der Waals surface area contributed by atoms with Crippen LogP contribution >= 0.6 is 0 Å². The lowest BCUT2D eigenvalue weighted by Crippen LogP contribution is -2.23. The lowest BCUT2D eigenvalue weighted by Gasteiger charge is -2.23. The fourth-order valence-electron chi connectivity index (χ4n) is 2.24. The zero-order valence-corrected chi connectivity index (χ0v) is 10.3. The largest absolute Gasteiger partial charge is 0.384 e. The van der Waals surface area contributed by atoms with Crippen LogP contribution in [0.5, 0.6) is 0 Å². The van der Waals surface area contributed by atoms with E-state index < -0.39 is 0 Å². The fourth-order valence-corrected chi connectivity index (χ4v) is 2.24. The van der Waals surface area contributed by atoms with Gasteiger partial charge in [0, 0.05) is 19.2 Å². The number of aromatic nitrogens is 2. The van der Waals surface area contributed by atoms with Gasteiger partial charge in [0.25, 0.3) is 0 Å². The highest BCUT2D eigenvalue weighted by atomic mass is 16.5. The second kappa shape index (κ2) is 5.82. The number of hydrogen-bond acceptors (Lipinski definition) is 5. The minimum absolute atomic E-state index is 0.393. The number of nitrogens with zero attached hydrogens (tertiary/aromatic N) is 2. The van der Waals surface area contributed by atoms with E-state index in [1.807, 2.05) is 0 Å². The van der Waals surface area contributed by atoms with Crippen molar-refractivity contribution in [2.45, 2.75) is 44.8 Å². The Morgan fingerprint density at radius 3 is 2.82 bits per heavy atom. The van der Waals surface area contributed by atoms with Gasteiger partial charge in [-0.1, -0.05) is 19.3 Å². The summed E-state index contributed by atoms with van der Waals surface area (Å²) in [5.74, 6) is 1.94. The molecule has 1 saturated carbocycles. The van der Waals surface area contributed by atoms with Gasteiger partial charge in [-0.15, -0.1) is 0 Å². The Morgan fingerprint density at radius 2 is 2.12 bits per heavy atom. The molecule has 0 unspecified atom stereocenters. The zero-order chi connectivity index (χ0) is 12.1. The van der Waals surface area contributed by atoms with E-state index >= 15 is 0 Å². The van der Waals surface area contributed by atoms with Crippen LogP contribution in [0.2, 0.25) is 0 Å². The van der Waals surface area contributed by atoms with Crippen molar-refractivity contribution in [1.82, 2.24) is 9.97 Å². The molecule has 0 atom stereocenters. The Hall–Kier alpha value is -1.36. The van der Waals surface area contributed by atoms with Crippen molar-refractivity contribution < 1.29 is 4.74 Å². The lowest BCUT2D eigenvalue weighted by atomic mass is 9.95. The standard InChI is InChI=1S/C12H20N4O/c1-17-8-12-15-10(13)7-11(16-12)14-9-5-3-2-4-6-9/h7,9H,2-6,8H2,1H3,(H3,13,14,15,16). The average molecular weight is 236 g/mol. The molecule has 1 aromatic rings. The Kier molecular flexibility index (Phi) is 4.14. The number of nitrogens with one attached hydrogen (secondary N) is 1. The van der Waals surface area contributed by atoms with Gasteiger partial charge in [0.05, 0.1) is 0 Å². The molecule has 94 valence electrons. The highest BCUT2D eigenvalue weighted by Gasteiger charge is 2.14. The van der Waals surface area contributed by atoms with E-state index in [4.69, 9.17) is 10.5 Å². The summed E-state index contributed by atoms with van der Waals surface area (Å²) in [4.78, 5) is 8.51. The van der Waals surface area contributed by atoms with Crippen molar-refractivity contribution in [2.24, 2.45) is 0 Å². The van der Waals surface area contributed by atoms with Crippen LogP contribution in [0.3, 0.4) is 0 Å². The first-order chi connectivity index (χ1) is 8.28. The molecule has 1 heterocycles. The highest BCUT2D eigenvalue weighted by Crippen LogP contribution is 2.21. The maximum absolute atomic E-state index is 5.75. The molecule has 2 rings (SSSR count). The fraction of sp³-hybridized carbons (Fsp3) is 0.667. The number of nitrogen functional groups attached to an aromatic ring is 1. The van der Waals surface area contributed by atoms with Gasteiger partial charge in [-0.05, 0) is 12.8 Å². The van der Waals surface area contributed by atoms with Crippen LogP contribution in [0.25, 0.3) is 0 Å². The maximum Gasteiger partial charge on any atom is 0.158 e. The van der Waals surface area contributed by atoms with Gasteiger partial charge < -0.3 is 15.8 Å². The Labute approximate surface area is 102 Å².